The van der Waals surface area contributed by atoms with E-state index >= 15 is 0 Å². The van der Waals surface area contributed by atoms with Crippen LogP contribution in [0.2, 0.25) is 0 Å². The van der Waals surface area contributed by atoms with Crippen LogP contribution in [-0.4, -0.2) is 48.0 Å². The van der Waals surface area contributed by atoms with Crippen LogP contribution in [0.25, 0.3) is 11.3 Å². The summed E-state index contributed by atoms with van der Waals surface area (Å²) in [6.07, 6.45) is 6.02. The molecular weight excluding hydrogens is 342 g/mol. The third kappa shape index (κ3) is 4.92. The molecule has 1 aliphatic rings. The Morgan fingerprint density at radius 1 is 1.15 bits per heavy atom. The van der Waals surface area contributed by atoms with Gasteiger partial charge in [0.1, 0.15) is 0 Å². The number of nitrogens with zero attached hydrogens (tertiary/aromatic N) is 2. The second kappa shape index (κ2) is 8.77. The average molecular weight is 367 g/mol. The first-order chi connectivity index (χ1) is 13.0. The Kier molecular flexibility index (Phi) is 6.19. The maximum absolute atomic E-state index is 12.6. The minimum atomic E-state index is -0.503. The molecular formula is C21H25N3O3. The Labute approximate surface area is 159 Å². The monoisotopic (exact) mass is 367 g/mol. The van der Waals surface area contributed by atoms with E-state index in [9.17, 15) is 9.59 Å². The average Bonchev–Trinajstić information content (AvgIpc) is 2.72. The van der Waals surface area contributed by atoms with Crippen molar-refractivity contribution in [2.45, 2.75) is 31.8 Å². The lowest BCUT2D eigenvalue weighted by atomic mass is 10.1. The van der Waals surface area contributed by atoms with Crippen LogP contribution < -0.4 is 5.73 Å². The molecule has 1 atom stereocenters. The Hall–Kier alpha value is -2.73. The van der Waals surface area contributed by atoms with Gasteiger partial charge in [0.2, 0.25) is 5.91 Å². The van der Waals surface area contributed by atoms with E-state index in [-0.39, 0.29) is 12.0 Å². The molecule has 1 saturated heterocycles. The van der Waals surface area contributed by atoms with Crippen LogP contribution in [0.5, 0.6) is 0 Å². The maximum atomic E-state index is 12.6. The first-order valence-electron chi connectivity index (χ1n) is 9.28. The molecule has 2 aromatic rings. The second-order valence-corrected chi connectivity index (χ2v) is 6.88. The summed E-state index contributed by atoms with van der Waals surface area (Å²) in [4.78, 5) is 29.7. The molecule has 1 aromatic carbocycles. The van der Waals surface area contributed by atoms with E-state index in [0.717, 1.165) is 37.1 Å². The minimum absolute atomic E-state index is 0.00519. The third-order valence-electron chi connectivity index (χ3n) is 4.88. The van der Waals surface area contributed by atoms with Crippen LogP contribution in [0.4, 0.5) is 0 Å². The lowest BCUT2D eigenvalue weighted by Crippen LogP contribution is -2.31. The number of pyridine rings is 1. The van der Waals surface area contributed by atoms with Gasteiger partial charge in [-0.25, -0.2) is 0 Å². The van der Waals surface area contributed by atoms with Crippen molar-refractivity contribution in [1.82, 2.24) is 9.88 Å². The van der Waals surface area contributed by atoms with E-state index in [0.29, 0.717) is 17.7 Å². The second-order valence-electron chi connectivity index (χ2n) is 6.88. The van der Waals surface area contributed by atoms with Gasteiger partial charge in [0, 0.05) is 37.5 Å². The Balaban J connectivity index is 1.60. The number of benzene rings is 1. The zero-order valence-corrected chi connectivity index (χ0v) is 15.6. The fourth-order valence-electron chi connectivity index (χ4n) is 3.19. The van der Waals surface area contributed by atoms with Gasteiger partial charge in [-0.15, -0.1) is 0 Å². The van der Waals surface area contributed by atoms with Gasteiger partial charge in [-0.2, -0.15) is 0 Å². The number of aromatic nitrogens is 1. The molecule has 0 aliphatic carbocycles. The molecule has 0 bridgehead atoms. The summed E-state index contributed by atoms with van der Waals surface area (Å²) in [5, 5.41) is 0. The van der Waals surface area contributed by atoms with Crippen molar-refractivity contribution in [3.8, 4) is 11.3 Å². The zero-order valence-electron chi connectivity index (χ0n) is 15.6. The molecule has 2 heterocycles. The predicted octanol–water partition coefficient (Wildman–Crippen LogP) is 2.88. The summed E-state index contributed by atoms with van der Waals surface area (Å²) >= 11 is 0. The van der Waals surface area contributed by atoms with E-state index in [1.54, 1.807) is 29.2 Å². The van der Waals surface area contributed by atoms with Crippen LogP contribution in [-0.2, 0) is 4.74 Å². The van der Waals surface area contributed by atoms with Gasteiger partial charge >= 0.3 is 0 Å². The van der Waals surface area contributed by atoms with Gasteiger partial charge in [0.25, 0.3) is 5.91 Å². The third-order valence-corrected chi connectivity index (χ3v) is 4.88. The summed E-state index contributed by atoms with van der Waals surface area (Å²) in [5.74, 6) is -0.508. The van der Waals surface area contributed by atoms with Crippen molar-refractivity contribution in [2.75, 3.05) is 20.2 Å². The highest BCUT2D eigenvalue weighted by Gasteiger charge is 2.17. The lowest BCUT2D eigenvalue weighted by molar-refractivity contribution is 0.00709. The number of primary amides is 1. The van der Waals surface area contributed by atoms with E-state index in [4.69, 9.17) is 10.5 Å². The highest BCUT2D eigenvalue weighted by molar-refractivity contribution is 5.94. The van der Waals surface area contributed by atoms with E-state index < -0.39 is 5.91 Å². The summed E-state index contributed by atoms with van der Waals surface area (Å²) in [7, 11) is 1.82. The van der Waals surface area contributed by atoms with Crippen molar-refractivity contribution >= 4 is 11.8 Å². The SMILES string of the molecule is CN(CC[C@@H]1CCCCO1)C(=O)c1ccc(-c2ccc(C(N)=O)cn2)cc1. The van der Waals surface area contributed by atoms with Crippen molar-refractivity contribution < 1.29 is 14.3 Å². The summed E-state index contributed by atoms with van der Waals surface area (Å²) in [6.45, 7) is 1.51. The molecule has 0 unspecified atom stereocenters. The molecule has 0 spiro atoms. The lowest BCUT2D eigenvalue weighted by Gasteiger charge is -2.25. The topological polar surface area (TPSA) is 85.5 Å². The Morgan fingerprint density at radius 3 is 2.48 bits per heavy atom. The summed E-state index contributed by atoms with van der Waals surface area (Å²) in [5.41, 5.74) is 7.83. The number of amides is 2. The molecule has 27 heavy (non-hydrogen) atoms. The largest absolute Gasteiger partial charge is 0.378 e. The Morgan fingerprint density at radius 2 is 1.89 bits per heavy atom. The van der Waals surface area contributed by atoms with Crippen molar-refractivity contribution in [2.24, 2.45) is 5.73 Å². The molecule has 2 N–H and O–H groups in total. The van der Waals surface area contributed by atoms with Crippen LogP contribution >= 0.6 is 0 Å². The molecule has 142 valence electrons. The molecule has 0 radical (unpaired) electrons. The molecule has 6 heteroatoms. The van der Waals surface area contributed by atoms with Gasteiger partial charge in [-0.05, 0) is 49.9 Å². The molecule has 2 amide bonds. The van der Waals surface area contributed by atoms with Gasteiger partial charge < -0.3 is 15.4 Å². The fourth-order valence-corrected chi connectivity index (χ4v) is 3.19. The van der Waals surface area contributed by atoms with Crippen molar-refractivity contribution in [3.63, 3.8) is 0 Å². The van der Waals surface area contributed by atoms with E-state index in [2.05, 4.69) is 4.98 Å². The fraction of sp³-hybridized carbons (Fsp3) is 0.381. The molecule has 0 saturated carbocycles. The Bertz CT molecular complexity index is 781. The maximum Gasteiger partial charge on any atom is 0.253 e. The molecule has 1 aliphatic heterocycles. The van der Waals surface area contributed by atoms with Gasteiger partial charge in [0.05, 0.1) is 17.4 Å². The van der Waals surface area contributed by atoms with Gasteiger partial charge in [-0.1, -0.05) is 12.1 Å². The van der Waals surface area contributed by atoms with E-state index in [1.807, 2.05) is 19.2 Å². The molecule has 1 aromatic heterocycles. The number of carbonyl (C=O) groups is 2. The zero-order chi connectivity index (χ0) is 19.2. The molecule has 1 fully saturated rings. The van der Waals surface area contributed by atoms with Crippen molar-refractivity contribution in [3.05, 3.63) is 53.7 Å². The quantitative estimate of drug-likeness (QED) is 0.851. The molecule has 3 rings (SSSR count). The highest BCUT2D eigenvalue weighted by atomic mass is 16.5. The van der Waals surface area contributed by atoms with Gasteiger partial charge in [0.15, 0.2) is 0 Å². The first-order valence-corrected chi connectivity index (χ1v) is 9.28. The van der Waals surface area contributed by atoms with Crippen LogP contribution in [0, 0.1) is 0 Å². The van der Waals surface area contributed by atoms with Crippen LogP contribution in [0.3, 0.4) is 0 Å². The van der Waals surface area contributed by atoms with Gasteiger partial charge in [-0.3, -0.25) is 14.6 Å². The number of hydrogen-bond acceptors (Lipinski definition) is 4. The number of carbonyl (C=O) groups excluding carboxylic acids is 2. The number of hydrogen-bond donors (Lipinski definition) is 1. The van der Waals surface area contributed by atoms with E-state index in [1.165, 1.54) is 12.6 Å². The smallest absolute Gasteiger partial charge is 0.253 e. The van der Waals surface area contributed by atoms with Crippen LogP contribution in [0.1, 0.15) is 46.4 Å². The number of rotatable bonds is 6. The minimum Gasteiger partial charge on any atom is -0.378 e. The standard InChI is InChI=1S/C21H25N3O3/c1-24(12-11-18-4-2-3-13-27-18)21(26)16-7-5-15(6-8-16)19-10-9-17(14-23-19)20(22)25/h5-10,14,18H,2-4,11-13H2,1H3,(H2,22,25)/t18-/m0/s1. The first kappa shape index (κ1) is 19.0. The number of ether oxygens (including phenoxy) is 1. The summed E-state index contributed by atoms with van der Waals surface area (Å²) in [6, 6.07) is 10.7. The molecule has 6 nitrogen and oxygen atoms in total. The number of nitrogens with two attached hydrogens (primary N) is 1. The van der Waals surface area contributed by atoms with Crippen LogP contribution in [0.15, 0.2) is 42.6 Å². The normalized spacial score (nSPS) is 16.7. The highest BCUT2D eigenvalue weighted by Crippen LogP contribution is 2.19. The van der Waals surface area contributed by atoms with Crippen molar-refractivity contribution in [1.29, 1.82) is 0 Å². The summed E-state index contributed by atoms with van der Waals surface area (Å²) < 4.78 is 5.73. The predicted molar refractivity (Wildman–Crippen MR) is 103 cm³/mol.